The van der Waals surface area contributed by atoms with Crippen LogP contribution in [0.5, 0.6) is 11.5 Å². The lowest BCUT2D eigenvalue weighted by Crippen LogP contribution is -2.50. The molecule has 0 unspecified atom stereocenters. The Bertz CT molecular complexity index is 795. The van der Waals surface area contributed by atoms with Gasteiger partial charge in [0.15, 0.2) is 5.11 Å². The number of piperazine rings is 1. The minimum Gasteiger partial charge on any atom is -0.497 e. The predicted molar refractivity (Wildman–Crippen MR) is 115 cm³/mol. The lowest BCUT2D eigenvalue weighted by atomic mass is 10.1. The van der Waals surface area contributed by atoms with Crippen molar-refractivity contribution in [1.82, 2.24) is 4.90 Å². The van der Waals surface area contributed by atoms with E-state index in [4.69, 9.17) is 21.7 Å². The molecule has 27 heavy (non-hydrogen) atoms. The van der Waals surface area contributed by atoms with Crippen LogP contribution in [0.2, 0.25) is 0 Å². The maximum atomic E-state index is 5.63. The van der Waals surface area contributed by atoms with Crippen LogP contribution in [0.25, 0.3) is 0 Å². The smallest absolute Gasteiger partial charge is 0.173 e. The summed E-state index contributed by atoms with van der Waals surface area (Å²) in [6.07, 6.45) is 0. The Morgan fingerprint density at radius 2 is 1.56 bits per heavy atom. The van der Waals surface area contributed by atoms with Crippen molar-refractivity contribution < 1.29 is 9.47 Å². The molecule has 2 aromatic rings. The predicted octanol–water partition coefficient (Wildman–Crippen LogP) is 3.84. The van der Waals surface area contributed by atoms with Crippen LogP contribution < -0.4 is 19.7 Å². The summed E-state index contributed by atoms with van der Waals surface area (Å²) in [5, 5.41) is 4.04. The molecule has 0 aliphatic carbocycles. The number of benzene rings is 2. The first kappa shape index (κ1) is 19.3. The fourth-order valence-electron chi connectivity index (χ4n) is 3.29. The first-order chi connectivity index (χ1) is 13.0. The zero-order valence-corrected chi connectivity index (χ0v) is 17.2. The van der Waals surface area contributed by atoms with Gasteiger partial charge in [-0.2, -0.15) is 0 Å². The molecule has 0 atom stereocenters. The number of thiocarbonyl (C=S) groups is 1. The Labute approximate surface area is 166 Å². The van der Waals surface area contributed by atoms with E-state index in [0.717, 1.165) is 48.5 Å². The van der Waals surface area contributed by atoms with E-state index < -0.39 is 0 Å². The van der Waals surface area contributed by atoms with Gasteiger partial charge >= 0.3 is 0 Å². The molecule has 1 aliphatic heterocycles. The van der Waals surface area contributed by atoms with E-state index in [9.17, 15) is 0 Å². The lowest BCUT2D eigenvalue weighted by Gasteiger charge is -2.38. The second-order valence-electron chi connectivity index (χ2n) is 6.80. The summed E-state index contributed by atoms with van der Waals surface area (Å²) >= 11 is 5.63. The minimum atomic E-state index is 0.728. The SMILES string of the molecule is COc1cc(NC(=S)N2CCN(c3cc(C)ccc3C)CC2)cc(OC)c1. The maximum Gasteiger partial charge on any atom is 0.173 e. The fourth-order valence-corrected chi connectivity index (χ4v) is 3.59. The van der Waals surface area contributed by atoms with Crippen molar-refractivity contribution in [3.8, 4) is 11.5 Å². The molecule has 0 saturated carbocycles. The van der Waals surface area contributed by atoms with E-state index in [0.29, 0.717) is 0 Å². The van der Waals surface area contributed by atoms with E-state index >= 15 is 0 Å². The van der Waals surface area contributed by atoms with Gasteiger partial charge in [0, 0.05) is 55.8 Å². The van der Waals surface area contributed by atoms with Crippen molar-refractivity contribution in [3.05, 3.63) is 47.5 Å². The molecule has 0 bridgehead atoms. The van der Waals surface area contributed by atoms with Crippen molar-refractivity contribution >= 4 is 28.7 Å². The summed E-state index contributed by atoms with van der Waals surface area (Å²) in [6, 6.07) is 12.3. The molecule has 6 heteroatoms. The quantitative estimate of drug-likeness (QED) is 0.806. The summed E-state index contributed by atoms with van der Waals surface area (Å²) in [6.45, 7) is 7.99. The maximum absolute atomic E-state index is 5.63. The third kappa shape index (κ3) is 4.63. The molecule has 0 radical (unpaired) electrons. The summed E-state index contributed by atoms with van der Waals surface area (Å²) < 4.78 is 10.6. The number of hydrogen-bond donors (Lipinski definition) is 1. The molecule has 5 nitrogen and oxygen atoms in total. The molecular formula is C21H27N3O2S. The first-order valence-electron chi connectivity index (χ1n) is 9.11. The van der Waals surface area contributed by atoms with Gasteiger partial charge in [-0.3, -0.25) is 0 Å². The Morgan fingerprint density at radius 3 is 2.15 bits per heavy atom. The average molecular weight is 386 g/mol. The molecule has 0 amide bonds. The van der Waals surface area contributed by atoms with Gasteiger partial charge in [-0.05, 0) is 43.3 Å². The Hall–Kier alpha value is -2.47. The van der Waals surface area contributed by atoms with Crippen LogP contribution in [-0.2, 0) is 0 Å². The van der Waals surface area contributed by atoms with Crippen molar-refractivity contribution in [2.45, 2.75) is 13.8 Å². The standard InChI is InChI=1S/C21H27N3O2S/c1-15-5-6-16(2)20(11-15)23-7-9-24(10-8-23)21(27)22-17-12-18(25-3)14-19(13-17)26-4/h5-6,11-14H,7-10H2,1-4H3,(H,22,27). The van der Waals surface area contributed by atoms with Gasteiger partial charge in [-0.15, -0.1) is 0 Å². The van der Waals surface area contributed by atoms with Crippen molar-refractivity contribution in [2.24, 2.45) is 0 Å². The number of anilines is 2. The number of aryl methyl sites for hydroxylation is 2. The van der Waals surface area contributed by atoms with Gasteiger partial charge in [0.1, 0.15) is 11.5 Å². The topological polar surface area (TPSA) is 37.0 Å². The zero-order valence-electron chi connectivity index (χ0n) is 16.4. The second kappa shape index (κ2) is 8.48. The van der Waals surface area contributed by atoms with Gasteiger partial charge in [0.25, 0.3) is 0 Å². The van der Waals surface area contributed by atoms with E-state index in [1.807, 2.05) is 18.2 Å². The van der Waals surface area contributed by atoms with E-state index in [1.54, 1.807) is 14.2 Å². The number of rotatable bonds is 4. The summed E-state index contributed by atoms with van der Waals surface area (Å²) in [5.41, 5.74) is 4.81. The first-order valence-corrected chi connectivity index (χ1v) is 9.52. The van der Waals surface area contributed by atoms with Crippen molar-refractivity contribution in [3.63, 3.8) is 0 Å². The van der Waals surface area contributed by atoms with Gasteiger partial charge in [-0.1, -0.05) is 12.1 Å². The second-order valence-corrected chi connectivity index (χ2v) is 7.18. The monoisotopic (exact) mass is 385 g/mol. The van der Waals surface area contributed by atoms with E-state index in [-0.39, 0.29) is 0 Å². The molecule has 1 N–H and O–H groups in total. The number of methoxy groups -OCH3 is 2. The molecular weight excluding hydrogens is 358 g/mol. The van der Waals surface area contributed by atoms with Crippen LogP contribution in [0.15, 0.2) is 36.4 Å². The fraction of sp³-hybridized carbons (Fsp3) is 0.381. The Kier molecular flexibility index (Phi) is 6.06. The molecule has 144 valence electrons. The number of nitrogens with one attached hydrogen (secondary N) is 1. The van der Waals surface area contributed by atoms with Crippen LogP contribution in [0.4, 0.5) is 11.4 Å². The molecule has 0 aromatic heterocycles. The zero-order chi connectivity index (χ0) is 19.4. The normalized spacial score (nSPS) is 14.1. The van der Waals surface area contributed by atoms with Gasteiger partial charge in [0.05, 0.1) is 14.2 Å². The molecule has 0 spiro atoms. The van der Waals surface area contributed by atoms with Crippen LogP contribution in [0.1, 0.15) is 11.1 Å². The molecule has 1 fully saturated rings. The Balaban J connectivity index is 1.63. The lowest BCUT2D eigenvalue weighted by molar-refractivity contribution is 0.390. The molecule has 2 aromatic carbocycles. The number of ether oxygens (including phenoxy) is 2. The molecule has 1 heterocycles. The van der Waals surface area contributed by atoms with E-state index in [1.165, 1.54) is 16.8 Å². The molecule has 3 rings (SSSR count). The van der Waals surface area contributed by atoms with Gasteiger partial charge in [-0.25, -0.2) is 0 Å². The van der Waals surface area contributed by atoms with Crippen LogP contribution in [-0.4, -0.2) is 50.4 Å². The van der Waals surface area contributed by atoms with Crippen LogP contribution in [0, 0.1) is 13.8 Å². The highest BCUT2D eigenvalue weighted by molar-refractivity contribution is 7.80. The highest BCUT2D eigenvalue weighted by Crippen LogP contribution is 2.27. The Morgan fingerprint density at radius 1 is 0.926 bits per heavy atom. The van der Waals surface area contributed by atoms with Crippen molar-refractivity contribution in [2.75, 3.05) is 50.6 Å². The van der Waals surface area contributed by atoms with Crippen LogP contribution in [0.3, 0.4) is 0 Å². The van der Waals surface area contributed by atoms with Gasteiger partial charge < -0.3 is 24.6 Å². The van der Waals surface area contributed by atoms with Crippen LogP contribution >= 0.6 is 12.2 Å². The third-order valence-corrected chi connectivity index (χ3v) is 5.24. The number of hydrogen-bond acceptors (Lipinski definition) is 4. The summed E-state index contributed by atoms with van der Waals surface area (Å²) in [7, 11) is 3.28. The minimum absolute atomic E-state index is 0.728. The van der Waals surface area contributed by atoms with Gasteiger partial charge in [0.2, 0.25) is 0 Å². The molecule has 1 aliphatic rings. The van der Waals surface area contributed by atoms with E-state index in [2.05, 4.69) is 47.2 Å². The number of nitrogens with zero attached hydrogens (tertiary/aromatic N) is 2. The third-order valence-electron chi connectivity index (χ3n) is 4.87. The van der Waals surface area contributed by atoms with Crippen molar-refractivity contribution in [1.29, 1.82) is 0 Å². The summed E-state index contributed by atoms with van der Waals surface area (Å²) in [4.78, 5) is 4.65. The summed E-state index contributed by atoms with van der Waals surface area (Å²) in [5.74, 6) is 1.47. The highest BCUT2D eigenvalue weighted by Gasteiger charge is 2.20. The average Bonchev–Trinajstić information content (AvgIpc) is 2.69. The molecule has 1 saturated heterocycles. The largest absolute Gasteiger partial charge is 0.497 e. The highest BCUT2D eigenvalue weighted by atomic mass is 32.1.